The van der Waals surface area contributed by atoms with E-state index in [0.717, 1.165) is 11.3 Å². The molecule has 0 radical (unpaired) electrons. The lowest BCUT2D eigenvalue weighted by molar-refractivity contribution is -0.158. The molecule has 0 unspecified atom stereocenters. The number of carbonyl (C=O) groups is 2. The van der Waals surface area contributed by atoms with Gasteiger partial charge < -0.3 is 9.64 Å². The first kappa shape index (κ1) is 25.1. The first-order chi connectivity index (χ1) is 15.0. The summed E-state index contributed by atoms with van der Waals surface area (Å²) in [6.07, 6.45) is 1.71. The summed E-state index contributed by atoms with van der Waals surface area (Å²) in [6, 6.07) is 2.68. The molecule has 1 aromatic heterocycles. The molecule has 2 aliphatic rings. The summed E-state index contributed by atoms with van der Waals surface area (Å²) in [7, 11) is -6.70. The van der Waals surface area contributed by atoms with Crippen molar-refractivity contribution in [1.29, 1.82) is 0 Å². The Morgan fingerprint density at radius 1 is 1.28 bits per heavy atom. The third-order valence-corrected chi connectivity index (χ3v) is 11.2. The molecule has 0 spiro atoms. The van der Waals surface area contributed by atoms with E-state index in [1.165, 1.54) is 4.31 Å². The Bertz CT molecular complexity index is 1010. The lowest BCUT2D eigenvalue weighted by atomic mass is 9.98. The van der Waals surface area contributed by atoms with E-state index in [1.54, 1.807) is 22.4 Å². The first-order valence-electron chi connectivity index (χ1n) is 10.8. The molecule has 0 saturated carbocycles. The normalized spacial score (nSPS) is 23.0. The first-order valence-corrected chi connectivity index (χ1v) is 14.9. The number of rotatable bonds is 8. The SMILES string of the molecule is CC[C@H](C)N(C(=O)COC(=O)C1CCN(S(=O)(=O)c2cccs2)CC1)[C@H]1CCS(=O)(=O)C1. The van der Waals surface area contributed by atoms with Gasteiger partial charge in [-0.25, -0.2) is 16.8 Å². The minimum atomic E-state index is -3.55. The van der Waals surface area contributed by atoms with E-state index >= 15 is 0 Å². The van der Waals surface area contributed by atoms with E-state index in [0.29, 0.717) is 25.7 Å². The highest BCUT2D eigenvalue weighted by atomic mass is 32.2. The third-order valence-electron chi connectivity index (χ3n) is 6.17. The van der Waals surface area contributed by atoms with Crippen LogP contribution in [0.2, 0.25) is 0 Å². The second-order valence-electron chi connectivity index (χ2n) is 8.33. The molecule has 3 rings (SSSR count). The van der Waals surface area contributed by atoms with Gasteiger partial charge in [-0.15, -0.1) is 11.3 Å². The van der Waals surface area contributed by atoms with Crippen LogP contribution in [0.15, 0.2) is 21.7 Å². The van der Waals surface area contributed by atoms with E-state index in [4.69, 9.17) is 4.74 Å². The number of esters is 1. The molecule has 0 aliphatic carbocycles. The summed E-state index contributed by atoms with van der Waals surface area (Å²) in [5.41, 5.74) is 0. The van der Waals surface area contributed by atoms with Crippen molar-refractivity contribution >= 4 is 43.1 Å². The van der Waals surface area contributed by atoms with Gasteiger partial charge in [0.05, 0.1) is 17.4 Å². The molecule has 2 atom stereocenters. The fraction of sp³-hybridized carbons (Fsp3) is 0.700. The van der Waals surface area contributed by atoms with Gasteiger partial charge in [-0.1, -0.05) is 13.0 Å². The zero-order chi connectivity index (χ0) is 23.5. The summed E-state index contributed by atoms with van der Waals surface area (Å²) in [5.74, 6) is -1.39. The van der Waals surface area contributed by atoms with Gasteiger partial charge in [-0.3, -0.25) is 9.59 Å². The van der Waals surface area contributed by atoms with Crippen LogP contribution in [0.25, 0.3) is 0 Å². The predicted octanol–water partition coefficient (Wildman–Crippen LogP) is 1.51. The van der Waals surface area contributed by atoms with Crippen molar-refractivity contribution in [2.24, 2.45) is 5.92 Å². The van der Waals surface area contributed by atoms with Gasteiger partial charge >= 0.3 is 5.97 Å². The predicted molar refractivity (Wildman–Crippen MR) is 120 cm³/mol. The molecule has 2 fully saturated rings. The number of sulfone groups is 1. The van der Waals surface area contributed by atoms with Crippen LogP contribution in [-0.4, -0.2) is 81.2 Å². The van der Waals surface area contributed by atoms with E-state index in [-0.39, 0.29) is 34.8 Å². The number of sulfonamides is 1. The Morgan fingerprint density at radius 2 is 1.97 bits per heavy atom. The number of ether oxygens (including phenoxy) is 1. The number of thiophene rings is 1. The second-order valence-corrected chi connectivity index (χ2v) is 13.7. The Morgan fingerprint density at radius 3 is 2.50 bits per heavy atom. The van der Waals surface area contributed by atoms with Gasteiger partial charge in [0.1, 0.15) is 4.21 Å². The Labute approximate surface area is 193 Å². The van der Waals surface area contributed by atoms with E-state index in [9.17, 15) is 26.4 Å². The minimum Gasteiger partial charge on any atom is -0.455 e. The molecular formula is C20H30N2O7S3. The van der Waals surface area contributed by atoms with Crippen LogP contribution in [-0.2, 0) is 34.2 Å². The van der Waals surface area contributed by atoms with Gasteiger partial charge in [0, 0.05) is 25.2 Å². The third kappa shape index (κ3) is 5.70. The fourth-order valence-corrected chi connectivity index (χ4v) is 8.52. The van der Waals surface area contributed by atoms with Crippen molar-refractivity contribution < 1.29 is 31.2 Å². The maximum absolute atomic E-state index is 12.8. The largest absolute Gasteiger partial charge is 0.455 e. The van der Waals surface area contributed by atoms with Gasteiger partial charge in [-0.05, 0) is 44.1 Å². The summed E-state index contributed by atoms with van der Waals surface area (Å²) in [4.78, 5) is 26.9. The van der Waals surface area contributed by atoms with Crippen molar-refractivity contribution in [3.05, 3.63) is 17.5 Å². The van der Waals surface area contributed by atoms with Crippen LogP contribution < -0.4 is 0 Å². The lowest BCUT2D eigenvalue weighted by Crippen LogP contribution is -2.48. The highest BCUT2D eigenvalue weighted by Gasteiger charge is 2.38. The zero-order valence-corrected chi connectivity index (χ0v) is 20.8. The highest BCUT2D eigenvalue weighted by molar-refractivity contribution is 7.91. The molecule has 12 heteroatoms. The van der Waals surface area contributed by atoms with Crippen molar-refractivity contribution in [2.75, 3.05) is 31.2 Å². The van der Waals surface area contributed by atoms with Crippen LogP contribution >= 0.6 is 11.3 Å². The topological polar surface area (TPSA) is 118 Å². The molecule has 0 aromatic carbocycles. The number of piperidine rings is 1. The number of nitrogens with zero attached hydrogens (tertiary/aromatic N) is 2. The van der Waals surface area contributed by atoms with Crippen LogP contribution in [0, 0.1) is 5.92 Å². The van der Waals surface area contributed by atoms with Crippen LogP contribution in [0.4, 0.5) is 0 Å². The molecular weight excluding hydrogens is 476 g/mol. The molecule has 2 aliphatic heterocycles. The van der Waals surface area contributed by atoms with Crippen LogP contribution in [0.1, 0.15) is 39.5 Å². The molecule has 180 valence electrons. The zero-order valence-electron chi connectivity index (χ0n) is 18.3. The Balaban J connectivity index is 1.53. The summed E-state index contributed by atoms with van der Waals surface area (Å²) in [6.45, 7) is 3.76. The minimum absolute atomic E-state index is 0.0601. The van der Waals surface area contributed by atoms with Crippen molar-refractivity contribution in [2.45, 2.75) is 55.8 Å². The van der Waals surface area contributed by atoms with Gasteiger partial charge in [0.15, 0.2) is 16.4 Å². The summed E-state index contributed by atoms with van der Waals surface area (Å²) >= 11 is 1.16. The van der Waals surface area contributed by atoms with Crippen LogP contribution in [0.3, 0.4) is 0 Å². The molecule has 32 heavy (non-hydrogen) atoms. The monoisotopic (exact) mass is 506 g/mol. The van der Waals surface area contributed by atoms with Crippen molar-refractivity contribution in [3.63, 3.8) is 0 Å². The summed E-state index contributed by atoms with van der Waals surface area (Å²) in [5, 5.41) is 1.71. The quantitative estimate of drug-likeness (QED) is 0.490. The lowest BCUT2D eigenvalue weighted by Gasteiger charge is -2.34. The Hall–Kier alpha value is -1.50. The second kappa shape index (κ2) is 10.2. The smallest absolute Gasteiger partial charge is 0.309 e. The van der Waals surface area contributed by atoms with Crippen molar-refractivity contribution in [1.82, 2.24) is 9.21 Å². The molecule has 3 heterocycles. The van der Waals surface area contributed by atoms with E-state index < -0.39 is 50.3 Å². The van der Waals surface area contributed by atoms with Gasteiger partial charge in [0.2, 0.25) is 0 Å². The highest BCUT2D eigenvalue weighted by Crippen LogP contribution is 2.27. The average Bonchev–Trinajstić information content (AvgIpc) is 3.42. The van der Waals surface area contributed by atoms with Crippen LogP contribution in [0.5, 0.6) is 0 Å². The number of hydrogen-bond donors (Lipinski definition) is 0. The molecule has 1 aromatic rings. The molecule has 2 saturated heterocycles. The molecule has 0 bridgehead atoms. The van der Waals surface area contributed by atoms with Gasteiger partial charge in [-0.2, -0.15) is 4.31 Å². The van der Waals surface area contributed by atoms with Crippen molar-refractivity contribution in [3.8, 4) is 0 Å². The maximum Gasteiger partial charge on any atom is 0.309 e. The summed E-state index contributed by atoms with van der Waals surface area (Å²) < 4.78 is 55.9. The number of carbonyl (C=O) groups excluding carboxylic acids is 2. The molecule has 9 nitrogen and oxygen atoms in total. The maximum atomic E-state index is 12.8. The Kier molecular flexibility index (Phi) is 8.00. The van der Waals surface area contributed by atoms with E-state index in [2.05, 4.69) is 0 Å². The average molecular weight is 507 g/mol. The van der Waals surface area contributed by atoms with E-state index in [1.807, 2.05) is 13.8 Å². The number of hydrogen-bond acceptors (Lipinski definition) is 8. The standard InChI is InChI=1S/C20H30N2O7S3/c1-3-15(2)22(17-8-12-31(25,26)14-17)18(23)13-29-20(24)16-6-9-21(10-7-16)32(27,28)19-5-4-11-30-19/h4-5,11,15-17H,3,6-10,12-14H2,1-2H3/t15-,17-/m0/s1. The van der Waals surface area contributed by atoms with Gasteiger partial charge in [0.25, 0.3) is 15.9 Å². The molecule has 0 N–H and O–H groups in total. The molecule has 1 amide bonds. The fourth-order valence-electron chi connectivity index (χ4n) is 4.20. The number of amides is 1.